The molecule has 0 saturated carbocycles. The summed E-state index contributed by atoms with van der Waals surface area (Å²) in [5.41, 5.74) is 0.908. The van der Waals surface area contributed by atoms with E-state index in [0.29, 0.717) is 0 Å². The summed E-state index contributed by atoms with van der Waals surface area (Å²) in [6.07, 6.45) is 2.35. The van der Waals surface area contributed by atoms with Crippen LogP contribution in [-0.4, -0.2) is 25.5 Å². The summed E-state index contributed by atoms with van der Waals surface area (Å²) in [7, 11) is 0. The third kappa shape index (κ3) is 3.24. The van der Waals surface area contributed by atoms with E-state index in [0.717, 1.165) is 42.4 Å². The van der Waals surface area contributed by atoms with Crippen LogP contribution in [-0.2, 0) is 0 Å². The molecule has 1 aliphatic rings. The molecular formula is C18H22N2O. The molecule has 1 heterocycles. The van der Waals surface area contributed by atoms with Crippen molar-refractivity contribution in [3.63, 3.8) is 0 Å². The largest absolute Gasteiger partial charge is 0.351 e. The van der Waals surface area contributed by atoms with Crippen LogP contribution in [0.2, 0.25) is 0 Å². The average molecular weight is 282 g/mol. The second-order valence-electron chi connectivity index (χ2n) is 6.34. The van der Waals surface area contributed by atoms with Gasteiger partial charge in [0.1, 0.15) is 0 Å². The molecule has 0 spiro atoms. The molecule has 1 saturated heterocycles. The highest BCUT2D eigenvalue weighted by Gasteiger charge is 2.27. The number of benzene rings is 2. The van der Waals surface area contributed by atoms with Gasteiger partial charge in [0.05, 0.1) is 0 Å². The fourth-order valence-corrected chi connectivity index (χ4v) is 3.00. The predicted molar refractivity (Wildman–Crippen MR) is 86.5 cm³/mol. The molecule has 0 aliphatic carbocycles. The van der Waals surface area contributed by atoms with Crippen LogP contribution in [0, 0.1) is 5.41 Å². The maximum atomic E-state index is 12.3. The third-order valence-corrected chi connectivity index (χ3v) is 4.37. The van der Waals surface area contributed by atoms with E-state index in [-0.39, 0.29) is 11.3 Å². The van der Waals surface area contributed by atoms with Crippen molar-refractivity contribution in [2.75, 3.05) is 19.6 Å². The van der Waals surface area contributed by atoms with Crippen LogP contribution >= 0.6 is 0 Å². The molecule has 1 unspecified atom stereocenters. The molecule has 2 aromatic carbocycles. The van der Waals surface area contributed by atoms with Gasteiger partial charge < -0.3 is 10.6 Å². The molecule has 1 fully saturated rings. The van der Waals surface area contributed by atoms with Gasteiger partial charge in [-0.2, -0.15) is 0 Å². The van der Waals surface area contributed by atoms with Crippen molar-refractivity contribution in [2.24, 2.45) is 5.41 Å². The Balaban J connectivity index is 1.69. The van der Waals surface area contributed by atoms with E-state index in [1.165, 1.54) is 6.42 Å². The predicted octanol–water partition coefficient (Wildman–Crippen LogP) is 2.96. The van der Waals surface area contributed by atoms with E-state index in [1.54, 1.807) is 0 Å². The van der Waals surface area contributed by atoms with Crippen LogP contribution in [0.5, 0.6) is 0 Å². The molecule has 3 heteroatoms. The zero-order chi connectivity index (χ0) is 14.7. The van der Waals surface area contributed by atoms with E-state index in [4.69, 9.17) is 0 Å². The van der Waals surface area contributed by atoms with Crippen molar-refractivity contribution in [1.82, 2.24) is 10.6 Å². The van der Waals surface area contributed by atoms with Crippen LogP contribution in [0.3, 0.4) is 0 Å². The smallest absolute Gasteiger partial charge is 0.251 e. The van der Waals surface area contributed by atoms with Crippen molar-refractivity contribution in [3.8, 4) is 0 Å². The Morgan fingerprint density at radius 3 is 2.81 bits per heavy atom. The van der Waals surface area contributed by atoms with Crippen LogP contribution in [0.25, 0.3) is 10.8 Å². The lowest BCUT2D eigenvalue weighted by molar-refractivity contribution is 0.0925. The van der Waals surface area contributed by atoms with Crippen LogP contribution in [0.1, 0.15) is 30.1 Å². The number of carbonyl (C=O) groups is 1. The van der Waals surface area contributed by atoms with Crippen LogP contribution in [0.15, 0.2) is 42.5 Å². The summed E-state index contributed by atoms with van der Waals surface area (Å²) >= 11 is 0. The molecule has 0 radical (unpaired) electrons. The van der Waals surface area contributed by atoms with Gasteiger partial charge in [-0.3, -0.25) is 4.79 Å². The van der Waals surface area contributed by atoms with Gasteiger partial charge in [-0.25, -0.2) is 0 Å². The Morgan fingerprint density at radius 1 is 1.24 bits per heavy atom. The van der Waals surface area contributed by atoms with Gasteiger partial charge in [-0.1, -0.05) is 37.3 Å². The Labute approximate surface area is 125 Å². The Hall–Kier alpha value is -1.87. The molecular weight excluding hydrogens is 260 g/mol. The molecule has 1 aliphatic heterocycles. The van der Waals surface area contributed by atoms with E-state index in [1.807, 2.05) is 36.4 Å². The number of amides is 1. The summed E-state index contributed by atoms with van der Waals surface area (Å²) in [5, 5.41) is 8.78. The van der Waals surface area contributed by atoms with Crippen molar-refractivity contribution >= 4 is 16.7 Å². The van der Waals surface area contributed by atoms with Gasteiger partial charge in [0.25, 0.3) is 5.91 Å². The SMILES string of the molecule is CC1(CNC(=O)c2ccc3ccccc3c2)CCCNC1. The van der Waals surface area contributed by atoms with E-state index >= 15 is 0 Å². The highest BCUT2D eigenvalue weighted by atomic mass is 16.1. The van der Waals surface area contributed by atoms with Gasteiger partial charge in [0, 0.05) is 18.7 Å². The van der Waals surface area contributed by atoms with Gasteiger partial charge in [-0.15, -0.1) is 0 Å². The Kier molecular flexibility index (Phi) is 3.93. The molecule has 2 aromatic rings. The van der Waals surface area contributed by atoms with E-state index < -0.39 is 0 Å². The molecule has 0 aromatic heterocycles. The molecule has 21 heavy (non-hydrogen) atoms. The van der Waals surface area contributed by atoms with Crippen molar-refractivity contribution < 1.29 is 4.79 Å². The van der Waals surface area contributed by atoms with Gasteiger partial charge in [-0.05, 0) is 47.7 Å². The Morgan fingerprint density at radius 2 is 2.05 bits per heavy atom. The summed E-state index contributed by atoms with van der Waals surface area (Å²) < 4.78 is 0. The zero-order valence-electron chi connectivity index (χ0n) is 12.5. The van der Waals surface area contributed by atoms with Crippen LogP contribution < -0.4 is 10.6 Å². The number of piperidine rings is 1. The molecule has 110 valence electrons. The highest BCUT2D eigenvalue weighted by Crippen LogP contribution is 2.24. The second-order valence-corrected chi connectivity index (χ2v) is 6.34. The third-order valence-electron chi connectivity index (χ3n) is 4.37. The number of rotatable bonds is 3. The quantitative estimate of drug-likeness (QED) is 0.908. The number of hydrogen-bond donors (Lipinski definition) is 2. The van der Waals surface area contributed by atoms with Gasteiger partial charge in [0.2, 0.25) is 0 Å². The lowest BCUT2D eigenvalue weighted by Gasteiger charge is -2.34. The lowest BCUT2D eigenvalue weighted by atomic mass is 9.83. The summed E-state index contributed by atoms with van der Waals surface area (Å²) in [5.74, 6) is 0.0209. The number of fused-ring (bicyclic) bond motifs is 1. The molecule has 1 amide bonds. The first kappa shape index (κ1) is 14.1. The summed E-state index contributed by atoms with van der Waals surface area (Å²) in [6.45, 7) is 5.03. The standard InChI is InChI=1S/C18H22N2O/c1-18(9-4-10-19-12-18)13-20-17(21)16-8-7-14-5-2-3-6-15(14)11-16/h2-3,5-8,11,19H,4,9-10,12-13H2,1H3,(H,20,21). The minimum Gasteiger partial charge on any atom is -0.351 e. The summed E-state index contributed by atoms with van der Waals surface area (Å²) in [6, 6.07) is 14.0. The highest BCUT2D eigenvalue weighted by molar-refractivity contribution is 5.98. The topological polar surface area (TPSA) is 41.1 Å². The first-order valence-corrected chi connectivity index (χ1v) is 7.64. The zero-order valence-corrected chi connectivity index (χ0v) is 12.5. The number of hydrogen-bond acceptors (Lipinski definition) is 2. The van der Waals surface area contributed by atoms with E-state index in [9.17, 15) is 4.79 Å². The van der Waals surface area contributed by atoms with Gasteiger partial charge in [0.15, 0.2) is 0 Å². The first-order chi connectivity index (χ1) is 10.2. The first-order valence-electron chi connectivity index (χ1n) is 7.64. The minimum atomic E-state index is 0.0209. The fraction of sp³-hybridized carbons (Fsp3) is 0.389. The molecule has 0 bridgehead atoms. The van der Waals surface area contributed by atoms with Gasteiger partial charge >= 0.3 is 0 Å². The monoisotopic (exact) mass is 282 g/mol. The fourth-order valence-electron chi connectivity index (χ4n) is 3.00. The Bertz CT molecular complexity index is 644. The molecule has 2 N–H and O–H groups in total. The van der Waals surface area contributed by atoms with E-state index in [2.05, 4.69) is 23.6 Å². The second kappa shape index (κ2) is 5.86. The molecule has 3 rings (SSSR count). The van der Waals surface area contributed by atoms with Crippen molar-refractivity contribution in [3.05, 3.63) is 48.0 Å². The van der Waals surface area contributed by atoms with Crippen LogP contribution in [0.4, 0.5) is 0 Å². The maximum Gasteiger partial charge on any atom is 0.251 e. The molecule has 1 atom stereocenters. The summed E-state index contributed by atoms with van der Waals surface area (Å²) in [4.78, 5) is 12.3. The maximum absolute atomic E-state index is 12.3. The lowest BCUT2D eigenvalue weighted by Crippen LogP contribution is -2.45. The average Bonchev–Trinajstić information content (AvgIpc) is 2.53. The van der Waals surface area contributed by atoms with Crippen molar-refractivity contribution in [2.45, 2.75) is 19.8 Å². The minimum absolute atomic E-state index is 0.0209. The van der Waals surface area contributed by atoms with Crippen molar-refractivity contribution in [1.29, 1.82) is 0 Å². The normalized spacial score (nSPS) is 22.1. The number of carbonyl (C=O) groups excluding carboxylic acids is 1. The molecule has 3 nitrogen and oxygen atoms in total. The number of nitrogens with one attached hydrogen (secondary N) is 2.